The van der Waals surface area contributed by atoms with Crippen molar-refractivity contribution in [3.63, 3.8) is 0 Å². The molecule has 0 saturated carbocycles. The second-order valence-corrected chi connectivity index (χ2v) is 7.44. The van der Waals surface area contributed by atoms with Gasteiger partial charge in [-0.05, 0) is 17.7 Å². The maximum absolute atomic E-state index is 12.9. The van der Waals surface area contributed by atoms with Crippen LogP contribution in [0, 0.1) is 0 Å². The molecule has 0 fully saturated rings. The molecule has 0 radical (unpaired) electrons. The Morgan fingerprint density at radius 3 is 2.43 bits per heavy atom. The molecule has 9 heteroatoms. The molecule has 0 aliphatic carbocycles. The molecule has 146 valence electrons. The highest BCUT2D eigenvalue weighted by Gasteiger charge is 2.31. The highest BCUT2D eigenvalue weighted by molar-refractivity contribution is 7.21. The smallest absolute Gasteiger partial charge is 0.416 e. The maximum Gasteiger partial charge on any atom is 0.416 e. The molecule has 1 atom stereocenters. The highest BCUT2D eigenvalue weighted by atomic mass is 35.5. The molecule has 1 aromatic heterocycles. The molecule has 0 saturated heterocycles. The van der Waals surface area contributed by atoms with Crippen LogP contribution in [0.4, 0.5) is 13.2 Å². The number of carboxylic acid groups (broad SMARTS) is 1. The number of nitrogens with one attached hydrogen (secondary N) is 1. The number of fused-ring (bicyclic) bond motifs is 1. The van der Waals surface area contributed by atoms with Gasteiger partial charge in [0.25, 0.3) is 5.91 Å². The van der Waals surface area contributed by atoms with Crippen LogP contribution in [0.5, 0.6) is 0 Å². The van der Waals surface area contributed by atoms with Gasteiger partial charge in [-0.2, -0.15) is 13.2 Å². The van der Waals surface area contributed by atoms with E-state index in [1.165, 1.54) is 6.07 Å². The summed E-state index contributed by atoms with van der Waals surface area (Å²) in [6.07, 6.45) is -4.46. The van der Waals surface area contributed by atoms with E-state index in [9.17, 15) is 27.9 Å². The number of carboxylic acids is 1. The summed E-state index contributed by atoms with van der Waals surface area (Å²) >= 11 is 6.95. The Morgan fingerprint density at radius 2 is 1.82 bits per heavy atom. The lowest BCUT2D eigenvalue weighted by Crippen LogP contribution is -2.42. The van der Waals surface area contributed by atoms with Crippen LogP contribution in [0.3, 0.4) is 0 Å². The minimum atomic E-state index is -4.52. The molecule has 0 unspecified atom stereocenters. The van der Waals surface area contributed by atoms with Gasteiger partial charge in [0, 0.05) is 16.5 Å². The molecule has 3 aromatic rings. The number of halogens is 4. The molecule has 3 rings (SSSR count). The van der Waals surface area contributed by atoms with E-state index < -0.39 is 29.7 Å². The predicted octanol–water partition coefficient (Wildman–Crippen LogP) is 5.00. The van der Waals surface area contributed by atoms with Crippen molar-refractivity contribution < 1.29 is 27.9 Å². The predicted molar refractivity (Wildman–Crippen MR) is 101 cm³/mol. The first-order chi connectivity index (χ1) is 13.2. The molecule has 0 aliphatic heterocycles. The van der Waals surface area contributed by atoms with Crippen LogP contribution in [0.1, 0.15) is 20.8 Å². The van der Waals surface area contributed by atoms with Crippen molar-refractivity contribution >= 4 is 44.9 Å². The summed E-state index contributed by atoms with van der Waals surface area (Å²) in [7, 11) is 0. The normalized spacial score (nSPS) is 12.7. The first kappa shape index (κ1) is 20.2. The van der Waals surface area contributed by atoms with Crippen LogP contribution >= 0.6 is 22.9 Å². The van der Waals surface area contributed by atoms with E-state index in [1.54, 1.807) is 30.3 Å². The zero-order chi connectivity index (χ0) is 20.5. The Balaban J connectivity index is 1.87. The molecule has 0 spiro atoms. The lowest BCUT2D eigenvalue weighted by Gasteiger charge is -2.14. The van der Waals surface area contributed by atoms with E-state index in [0.717, 1.165) is 23.5 Å². The lowest BCUT2D eigenvalue weighted by atomic mass is 10.1. The van der Waals surface area contributed by atoms with E-state index >= 15 is 0 Å². The Bertz CT molecular complexity index is 1030. The zero-order valence-electron chi connectivity index (χ0n) is 14.1. The second kappa shape index (κ2) is 7.81. The Kier molecular flexibility index (Phi) is 5.62. The summed E-state index contributed by atoms with van der Waals surface area (Å²) in [4.78, 5) is 24.0. The summed E-state index contributed by atoms with van der Waals surface area (Å²) < 4.78 is 38.8. The van der Waals surface area contributed by atoms with E-state index in [-0.39, 0.29) is 21.0 Å². The third-order valence-electron chi connectivity index (χ3n) is 4.05. The summed E-state index contributed by atoms with van der Waals surface area (Å²) in [6.45, 7) is 0. The summed E-state index contributed by atoms with van der Waals surface area (Å²) in [5, 5.41) is 12.1. The number of amides is 1. The van der Waals surface area contributed by atoms with Gasteiger partial charge < -0.3 is 10.4 Å². The largest absolute Gasteiger partial charge is 0.480 e. The van der Waals surface area contributed by atoms with Crippen molar-refractivity contribution in [2.24, 2.45) is 0 Å². The van der Waals surface area contributed by atoms with Crippen molar-refractivity contribution in [1.29, 1.82) is 0 Å². The molecule has 2 N–H and O–H groups in total. The average molecular weight is 428 g/mol. The third kappa shape index (κ3) is 4.28. The van der Waals surface area contributed by atoms with Crippen LogP contribution in [0.2, 0.25) is 5.02 Å². The molecule has 1 amide bonds. The number of carbonyl (C=O) groups excluding carboxylic acids is 1. The average Bonchev–Trinajstić information content (AvgIpc) is 2.97. The fourth-order valence-corrected chi connectivity index (χ4v) is 4.12. The number of carbonyl (C=O) groups is 2. The Hall–Kier alpha value is -2.58. The van der Waals surface area contributed by atoms with Gasteiger partial charge in [-0.25, -0.2) is 4.79 Å². The molecule has 0 aliphatic rings. The quantitative estimate of drug-likeness (QED) is 0.602. The van der Waals surface area contributed by atoms with Gasteiger partial charge in [0.1, 0.15) is 10.9 Å². The van der Waals surface area contributed by atoms with Gasteiger partial charge in [-0.3, -0.25) is 4.79 Å². The lowest BCUT2D eigenvalue weighted by molar-refractivity contribution is -0.139. The van der Waals surface area contributed by atoms with Crippen molar-refractivity contribution in [2.45, 2.75) is 18.6 Å². The van der Waals surface area contributed by atoms with E-state index in [4.69, 9.17) is 11.6 Å². The van der Waals surface area contributed by atoms with Gasteiger partial charge >= 0.3 is 12.1 Å². The van der Waals surface area contributed by atoms with Gasteiger partial charge in [-0.1, -0.05) is 48.0 Å². The zero-order valence-corrected chi connectivity index (χ0v) is 15.7. The molecule has 0 bridgehead atoms. The minimum absolute atomic E-state index is 0.00456. The van der Waals surface area contributed by atoms with Gasteiger partial charge in [0.2, 0.25) is 0 Å². The van der Waals surface area contributed by atoms with Gasteiger partial charge in [0.05, 0.1) is 10.6 Å². The maximum atomic E-state index is 12.9. The third-order valence-corrected chi connectivity index (χ3v) is 5.71. The number of rotatable bonds is 5. The van der Waals surface area contributed by atoms with Crippen LogP contribution < -0.4 is 5.32 Å². The van der Waals surface area contributed by atoms with Gasteiger partial charge in [0.15, 0.2) is 0 Å². The number of thiophene rings is 1. The van der Waals surface area contributed by atoms with Crippen molar-refractivity contribution in [3.05, 3.63) is 69.6 Å². The first-order valence-corrected chi connectivity index (χ1v) is 9.23. The molecule has 4 nitrogen and oxygen atoms in total. The molecule has 2 aromatic carbocycles. The van der Waals surface area contributed by atoms with Crippen molar-refractivity contribution in [2.75, 3.05) is 0 Å². The SMILES string of the molecule is O=C(N[C@@H](Cc1ccccc1)C(=O)O)c1sc2cc(C(F)(F)F)ccc2c1Cl. The standard InChI is InChI=1S/C19H13ClF3NO3S/c20-15-12-7-6-11(19(21,22)23)9-14(12)28-16(15)17(25)24-13(18(26)27)8-10-4-2-1-3-5-10/h1-7,9,13H,8H2,(H,24,25)(H,26,27)/t13-/m0/s1. The summed E-state index contributed by atoms with van der Waals surface area (Å²) in [5.41, 5.74) is -0.134. The van der Waals surface area contributed by atoms with Crippen molar-refractivity contribution in [3.8, 4) is 0 Å². The van der Waals surface area contributed by atoms with Crippen LogP contribution in [0.15, 0.2) is 48.5 Å². The number of benzene rings is 2. The molecular formula is C19H13ClF3NO3S. The number of hydrogen-bond donors (Lipinski definition) is 2. The topological polar surface area (TPSA) is 66.4 Å². The molecule has 1 heterocycles. The Morgan fingerprint density at radius 1 is 1.14 bits per heavy atom. The van der Waals surface area contributed by atoms with Crippen LogP contribution in [-0.4, -0.2) is 23.0 Å². The number of aliphatic carboxylic acids is 1. The van der Waals surface area contributed by atoms with E-state index in [2.05, 4.69) is 5.32 Å². The minimum Gasteiger partial charge on any atom is -0.480 e. The molecular weight excluding hydrogens is 415 g/mol. The van der Waals surface area contributed by atoms with E-state index in [0.29, 0.717) is 10.9 Å². The number of alkyl halides is 3. The Labute approximate surface area is 166 Å². The second-order valence-electron chi connectivity index (χ2n) is 6.01. The van der Waals surface area contributed by atoms with Crippen LogP contribution in [0.25, 0.3) is 10.1 Å². The fourth-order valence-electron chi connectivity index (χ4n) is 2.66. The van der Waals surface area contributed by atoms with Gasteiger partial charge in [-0.15, -0.1) is 11.3 Å². The fraction of sp³-hybridized carbons (Fsp3) is 0.158. The summed E-state index contributed by atoms with van der Waals surface area (Å²) in [6, 6.07) is 10.5. The molecule has 28 heavy (non-hydrogen) atoms. The number of hydrogen-bond acceptors (Lipinski definition) is 3. The monoisotopic (exact) mass is 427 g/mol. The highest BCUT2D eigenvalue weighted by Crippen LogP contribution is 2.39. The van der Waals surface area contributed by atoms with Crippen molar-refractivity contribution in [1.82, 2.24) is 5.32 Å². The van der Waals surface area contributed by atoms with Crippen LogP contribution in [-0.2, 0) is 17.4 Å². The summed E-state index contributed by atoms with van der Waals surface area (Å²) in [5.74, 6) is -1.98. The van der Waals surface area contributed by atoms with E-state index in [1.807, 2.05) is 0 Å². The first-order valence-electron chi connectivity index (χ1n) is 8.03.